The van der Waals surface area contributed by atoms with Crippen LogP contribution in [-0.4, -0.2) is 14.9 Å². The molecule has 23 heavy (non-hydrogen) atoms. The number of aromatic hydroxyl groups is 1. The van der Waals surface area contributed by atoms with Gasteiger partial charge in [0.25, 0.3) is 5.56 Å². The summed E-state index contributed by atoms with van der Waals surface area (Å²) >= 11 is 0. The predicted molar refractivity (Wildman–Crippen MR) is 91.8 cm³/mol. The first-order valence-corrected chi connectivity index (χ1v) is 8.39. The fourth-order valence-electron chi connectivity index (χ4n) is 3.08. The van der Waals surface area contributed by atoms with Gasteiger partial charge in [0, 0.05) is 0 Å². The molecule has 0 atom stereocenters. The monoisotopic (exact) mass is 312 g/mol. The van der Waals surface area contributed by atoms with Gasteiger partial charge in [-0.15, -0.1) is 0 Å². The summed E-state index contributed by atoms with van der Waals surface area (Å²) in [5.41, 5.74) is 2.65. The lowest BCUT2D eigenvalue weighted by Gasteiger charge is -2.28. The van der Waals surface area contributed by atoms with Gasteiger partial charge in [0.15, 0.2) is 5.75 Å². The molecule has 0 bridgehead atoms. The van der Waals surface area contributed by atoms with Crippen molar-refractivity contribution in [1.29, 1.82) is 0 Å². The molecule has 1 aromatic carbocycles. The average Bonchev–Trinajstić information content (AvgIpc) is 2.44. The third-order valence-electron chi connectivity index (χ3n) is 4.60. The van der Waals surface area contributed by atoms with E-state index in [2.05, 4.69) is 18.9 Å². The molecule has 1 aliphatic carbocycles. The quantitative estimate of drug-likeness (QED) is 0.933. The Morgan fingerprint density at radius 2 is 2.00 bits per heavy atom. The van der Waals surface area contributed by atoms with Crippen molar-refractivity contribution in [2.24, 2.45) is 5.92 Å². The van der Waals surface area contributed by atoms with Crippen LogP contribution in [0.3, 0.4) is 0 Å². The van der Waals surface area contributed by atoms with Crippen LogP contribution in [0.25, 0.3) is 11.1 Å². The molecule has 0 radical (unpaired) electrons. The Balaban J connectivity index is 2.24. The number of rotatable bonds is 4. The average molecular weight is 312 g/mol. The lowest BCUT2D eigenvalue weighted by atomic mass is 9.92. The van der Waals surface area contributed by atoms with E-state index < -0.39 is 0 Å². The lowest BCUT2D eigenvalue weighted by Crippen LogP contribution is -2.33. The minimum Gasteiger partial charge on any atom is -0.505 e. The molecular formula is C19H24N2O2. The number of benzene rings is 1. The maximum atomic E-state index is 13.0. The van der Waals surface area contributed by atoms with Gasteiger partial charge in [-0.3, -0.25) is 4.79 Å². The van der Waals surface area contributed by atoms with Crippen molar-refractivity contribution >= 4 is 0 Å². The first-order chi connectivity index (χ1) is 11.0. The minimum absolute atomic E-state index is 0.0496. The van der Waals surface area contributed by atoms with E-state index in [1.165, 1.54) is 0 Å². The topological polar surface area (TPSA) is 55.1 Å². The van der Waals surface area contributed by atoms with Gasteiger partial charge >= 0.3 is 0 Å². The van der Waals surface area contributed by atoms with Crippen LogP contribution in [0.15, 0.2) is 29.1 Å². The molecule has 122 valence electrons. The molecule has 3 rings (SSSR count). The highest BCUT2D eigenvalue weighted by Crippen LogP contribution is 2.34. The molecule has 4 heteroatoms. The van der Waals surface area contributed by atoms with Crippen molar-refractivity contribution < 1.29 is 5.11 Å². The van der Waals surface area contributed by atoms with E-state index in [1.807, 2.05) is 31.2 Å². The van der Waals surface area contributed by atoms with Crippen molar-refractivity contribution in [2.45, 2.75) is 52.5 Å². The Morgan fingerprint density at radius 3 is 2.57 bits per heavy atom. The zero-order valence-electron chi connectivity index (χ0n) is 14.0. The summed E-state index contributed by atoms with van der Waals surface area (Å²) in [7, 11) is 0. The second-order valence-corrected chi connectivity index (χ2v) is 6.92. The van der Waals surface area contributed by atoms with Crippen LogP contribution in [0.4, 0.5) is 0 Å². The van der Waals surface area contributed by atoms with E-state index in [4.69, 9.17) is 0 Å². The highest BCUT2D eigenvalue weighted by atomic mass is 16.3. The maximum absolute atomic E-state index is 13.0. The summed E-state index contributed by atoms with van der Waals surface area (Å²) in [6, 6.07) is 7.88. The molecule has 0 saturated heterocycles. The summed E-state index contributed by atoms with van der Waals surface area (Å²) in [4.78, 5) is 13.0. The molecule has 0 amide bonds. The van der Waals surface area contributed by atoms with Gasteiger partial charge in [-0.25, -0.2) is 4.68 Å². The Bertz CT molecular complexity index is 773. The lowest BCUT2D eigenvalue weighted by molar-refractivity contribution is 0.273. The van der Waals surface area contributed by atoms with Crippen LogP contribution in [0, 0.1) is 12.8 Å². The first kappa shape index (κ1) is 15.8. The van der Waals surface area contributed by atoms with Gasteiger partial charge in [0.05, 0.1) is 11.6 Å². The molecule has 1 aliphatic rings. The van der Waals surface area contributed by atoms with Crippen molar-refractivity contribution in [3.8, 4) is 16.9 Å². The van der Waals surface area contributed by atoms with Gasteiger partial charge in [0.2, 0.25) is 0 Å². The molecule has 0 spiro atoms. The number of hydrogen-bond donors (Lipinski definition) is 1. The normalized spacial score (nSPS) is 15.0. The summed E-state index contributed by atoms with van der Waals surface area (Å²) in [5.74, 6) is 0.416. The predicted octanol–water partition coefficient (Wildman–Crippen LogP) is 3.85. The number of aryl methyl sites for hydroxylation is 1. The largest absolute Gasteiger partial charge is 0.505 e. The van der Waals surface area contributed by atoms with Crippen LogP contribution < -0.4 is 5.56 Å². The van der Waals surface area contributed by atoms with Crippen molar-refractivity contribution in [3.05, 3.63) is 45.9 Å². The van der Waals surface area contributed by atoms with Crippen LogP contribution in [0.1, 0.15) is 50.4 Å². The molecule has 1 heterocycles. The standard InChI is InChI=1S/C19H24N2O2/c1-12(2)11-16-18(22)17(15-10-5-4-7-13(15)3)19(23)21(20-16)14-8-6-9-14/h4-5,7,10,12,14,22H,6,8-9,11H2,1-3H3. The second-order valence-electron chi connectivity index (χ2n) is 6.92. The molecule has 1 fully saturated rings. The highest BCUT2D eigenvalue weighted by Gasteiger charge is 2.27. The smallest absolute Gasteiger partial charge is 0.278 e. The van der Waals surface area contributed by atoms with Gasteiger partial charge in [-0.05, 0) is 49.7 Å². The zero-order chi connectivity index (χ0) is 16.6. The van der Waals surface area contributed by atoms with Crippen LogP contribution in [0.5, 0.6) is 5.75 Å². The van der Waals surface area contributed by atoms with Crippen molar-refractivity contribution in [1.82, 2.24) is 9.78 Å². The van der Waals surface area contributed by atoms with Crippen LogP contribution in [-0.2, 0) is 6.42 Å². The van der Waals surface area contributed by atoms with Crippen LogP contribution >= 0.6 is 0 Å². The van der Waals surface area contributed by atoms with E-state index in [-0.39, 0.29) is 17.4 Å². The Hall–Kier alpha value is -2.10. The molecule has 1 aromatic heterocycles. The Labute approximate surface area is 136 Å². The second kappa shape index (κ2) is 6.19. The van der Waals surface area contributed by atoms with Gasteiger partial charge < -0.3 is 5.11 Å². The van der Waals surface area contributed by atoms with E-state index in [0.717, 1.165) is 30.4 Å². The molecule has 4 nitrogen and oxygen atoms in total. The number of hydrogen-bond acceptors (Lipinski definition) is 3. The maximum Gasteiger partial charge on any atom is 0.278 e. The van der Waals surface area contributed by atoms with E-state index in [0.29, 0.717) is 23.6 Å². The van der Waals surface area contributed by atoms with E-state index in [9.17, 15) is 9.90 Å². The Morgan fingerprint density at radius 1 is 1.30 bits per heavy atom. The Kier molecular flexibility index (Phi) is 4.24. The fourth-order valence-corrected chi connectivity index (χ4v) is 3.08. The SMILES string of the molecule is Cc1ccccc1-c1c(O)c(CC(C)C)nn(C2CCC2)c1=O. The fraction of sp³-hybridized carbons (Fsp3) is 0.474. The summed E-state index contributed by atoms with van der Waals surface area (Å²) in [6.07, 6.45) is 3.79. The van der Waals surface area contributed by atoms with E-state index >= 15 is 0 Å². The van der Waals surface area contributed by atoms with Gasteiger partial charge in [-0.2, -0.15) is 5.10 Å². The molecular weight excluding hydrogens is 288 g/mol. The third-order valence-corrected chi connectivity index (χ3v) is 4.60. The van der Waals surface area contributed by atoms with Gasteiger partial charge in [-0.1, -0.05) is 38.1 Å². The molecule has 0 aliphatic heterocycles. The summed E-state index contributed by atoms with van der Waals surface area (Å²) in [6.45, 7) is 6.14. The van der Waals surface area contributed by atoms with Crippen molar-refractivity contribution in [3.63, 3.8) is 0 Å². The van der Waals surface area contributed by atoms with Crippen LogP contribution in [0.2, 0.25) is 0 Å². The minimum atomic E-state index is -0.172. The first-order valence-electron chi connectivity index (χ1n) is 8.39. The van der Waals surface area contributed by atoms with Gasteiger partial charge in [0.1, 0.15) is 5.69 Å². The van der Waals surface area contributed by atoms with E-state index in [1.54, 1.807) is 4.68 Å². The summed E-state index contributed by atoms with van der Waals surface area (Å²) < 4.78 is 1.61. The number of aromatic nitrogens is 2. The molecule has 0 unspecified atom stereocenters. The number of nitrogens with zero attached hydrogens (tertiary/aromatic N) is 2. The molecule has 2 aromatic rings. The zero-order valence-corrected chi connectivity index (χ0v) is 14.0. The highest BCUT2D eigenvalue weighted by molar-refractivity contribution is 5.72. The third kappa shape index (κ3) is 2.90. The molecule has 1 saturated carbocycles. The van der Waals surface area contributed by atoms with Crippen molar-refractivity contribution in [2.75, 3.05) is 0 Å². The molecule has 1 N–H and O–H groups in total. The summed E-state index contributed by atoms with van der Waals surface area (Å²) in [5, 5.41) is 15.2.